The highest BCUT2D eigenvalue weighted by molar-refractivity contribution is 6.30. The molecule has 0 saturated carbocycles. The predicted molar refractivity (Wildman–Crippen MR) is 84.6 cm³/mol. The third-order valence-electron chi connectivity index (χ3n) is 3.73. The van der Waals surface area contributed by atoms with Gasteiger partial charge in [-0.15, -0.1) is 0 Å². The number of anilines is 1. The Balaban J connectivity index is 2.16. The number of rotatable bonds is 7. The van der Waals surface area contributed by atoms with Crippen LogP contribution in [0.1, 0.15) is 18.4 Å². The normalized spacial score (nSPS) is 18.2. The van der Waals surface area contributed by atoms with Gasteiger partial charge in [-0.3, -0.25) is 4.79 Å². The summed E-state index contributed by atoms with van der Waals surface area (Å²) < 4.78 is 5.02. The van der Waals surface area contributed by atoms with Crippen LogP contribution in [0, 0.1) is 0 Å². The van der Waals surface area contributed by atoms with Crippen molar-refractivity contribution in [2.75, 3.05) is 31.7 Å². The number of ether oxygens (including phenoxy) is 1. The first kappa shape index (κ1) is 16.1. The molecule has 5 nitrogen and oxygen atoms in total. The molecule has 116 valence electrons. The number of amides is 1. The minimum atomic E-state index is -0.263. The van der Waals surface area contributed by atoms with E-state index in [1.54, 1.807) is 7.11 Å². The highest BCUT2D eigenvalue weighted by atomic mass is 35.5. The van der Waals surface area contributed by atoms with Crippen molar-refractivity contribution in [1.29, 1.82) is 0 Å². The van der Waals surface area contributed by atoms with E-state index in [-0.39, 0.29) is 11.9 Å². The number of benzene rings is 1. The van der Waals surface area contributed by atoms with E-state index in [2.05, 4.69) is 10.2 Å². The molecular formula is C15H22ClN3O2. The van der Waals surface area contributed by atoms with Crippen molar-refractivity contribution in [3.05, 3.63) is 28.8 Å². The van der Waals surface area contributed by atoms with E-state index in [0.717, 1.165) is 37.2 Å². The molecule has 1 aliphatic rings. The second-order valence-corrected chi connectivity index (χ2v) is 5.63. The van der Waals surface area contributed by atoms with Crippen LogP contribution >= 0.6 is 11.6 Å². The summed E-state index contributed by atoms with van der Waals surface area (Å²) in [7, 11) is 1.67. The van der Waals surface area contributed by atoms with E-state index in [0.29, 0.717) is 18.2 Å². The third-order valence-corrected chi connectivity index (χ3v) is 3.97. The minimum absolute atomic E-state index is 0.219. The van der Waals surface area contributed by atoms with Crippen LogP contribution in [0.3, 0.4) is 0 Å². The Bertz CT molecular complexity index is 496. The van der Waals surface area contributed by atoms with Crippen LogP contribution < -0.4 is 16.0 Å². The van der Waals surface area contributed by atoms with Crippen LogP contribution in [0.5, 0.6) is 0 Å². The van der Waals surface area contributed by atoms with E-state index in [9.17, 15) is 4.79 Å². The fraction of sp³-hybridized carbons (Fsp3) is 0.533. The van der Waals surface area contributed by atoms with Gasteiger partial charge in [0.2, 0.25) is 5.91 Å². The number of halogens is 1. The summed E-state index contributed by atoms with van der Waals surface area (Å²) in [5, 5.41) is 4.00. The zero-order valence-corrected chi connectivity index (χ0v) is 13.0. The summed E-state index contributed by atoms with van der Waals surface area (Å²) in [5.41, 5.74) is 7.61. The Morgan fingerprint density at radius 2 is 2.38 bits per heavy atom. The highest BCUT2D eigenvalue weighted by Gasteiger charge is 2.30. The molecule has 0 spiro atoms. The summed E-state index contributed by atoms with van der Waals surface area (Å²) >= 11 is 6.10. The quantitative estimate of drug-likeness (QED) is 0.749. The monoisotopic (exact) mass is 311 g/mol. The molecule has 21 heavy (non-hydrogen) atoms. The van der Waals surface area contributed by atoms with E-state index in [4.69, 9.17) is 22.1 Å². The van der Waals surface area contributed by atoms with Gasteiger partial charge in [0.25, 0.3) is 0 Å². The molecule has 3 N–H and O–H groups in total. The van der Waals surface area contributed by atoms with Crippen LogP contribution in [-0.4, -0.2) is 38.8 Å². The number of carbonyl (C=O) groups excluding carboxylic acids is 1. The third kappa shape index (κ3) is 4.09. The molecule has 1 atom stereocenters. The van der Waals surface area contributed by atoms with Crippen LogP contribution in [-0.2, 0) is 16.1 Å². The van der Waals surface area contributed by atoms with Gasteiger partial charge in [0.1, 0.15) is 6.04 Å². The molecule has 1 heterocycles. The average Bonchev–Trinajstić information content (AvgIpc) is 2.93. The van der Waals surface area contributed by atoms with Gasteiger partial charge < -0.3 is 20.7 Å². The lowest BCUT2D eigenvalue weighted by Gasteiger charge is -2.27. The summed E-state index contributed by atoms with van der Waals surface area (Å²) in [6, 6.07) is 5.54. The predicted octanol–water partition coefficient (Wildman–Crippen LogP) is 1.53. The summed E-state index contributed by atoms with van der Waals surface area (Å²) in [4.78, 5) is 13.7. The van der Waals surface area contributed by atoms with E-state index in [1.165, 1.54) is 0 Å². The first-order chi connectivity index (χ1) is 10.1. The molecule has 0 bridgehead atoms. The van der Waals surface area contributed by atoms with E-state index in [1.807, 2.05) is 18.2 Å². The van der Waals surface area contributed by atoms with Gasteiger partial charge in [-0.25, -0.2) is 0 Å². The Morgan fingerprint density at radius 3 is 3.10 bits per heavy atom. The molecule has 1 aliphatic heterocycles. The number of nitrogens with one attached hydrogen (secondary N) is 1. The lowest BCUT2D eigenvalue weighted by molar-refractivity contribution is -0.119. The SMILES string of the molecule is COCCNCc1cc(Cl)ccc1N1CCCC1C(N)=O. The Hall–Kier alpha value is -1.30. The number of primary amides is 1. The molecule has 1 unspecified atom stereocenters. The number of nitrogens with zero attached hydrogens (tertiary/aromatic N) is 1. The molecule has 1 aromatic rings. The van der Waals surface area contributed by atoms with Gasteiger partial charge in [0.05, 0.1) is 6.61 Å². The molecule has 1 fully saturated rings. The fourth-order valence-electron chi connectivity index (χ4n) is 2.72. The van der Waals surface area contributed by atoms with Gasteiger partial charge >= 0.3 is 0 Å². The van der Waals surface area contributed by atoms with Crippen LogP contribution in [0.2, 0.25) is 5.02 Å². The summed E-state index contributed by atoms with van der Waals surface area (Å²) in [5.74, 6) is -0.263. The van der Waals surface area contributed by atoms with E-state index < -0.39 is 0 Å². The first-order valence-electron chi connectivity index (χ1n) is 7.17. The largest absolute Gasteiger partial charge is 0.383 e. The van der Waals surface area contributed by atoms with Gasteiger partial charge in [-0.05, 0) is 36.6 Å². The van der Waals surface area contributed by atoms with Gasteiger partial charge in [0, 0.05) is 37.5 Å². The lowest BCUT2D eigenvalue weighted by Crippen LogP contribution is -2.41. The maximum Gasteiger partial charge on any atom is 0.240 e. The van der Waals surface area contributed by atoms with Gasteiger partial charge in [-0.1, -0.05) is 11.6 Å². The zero-order chi connectivity index (χ0) is 15.2. The average molecular weight is 312 g/mol. The lowest BCUT2D eigenvalue weighted by atomic mass is 10.1. The Kier molecular flexibility index (Phi) is 5.85. The van der Waals surface area contributed by atoms with Crippen molar-refractivity contribution in [2.24, 2.45) is 5.73 Å². The number of methoxy groups -OCH3 is 1. The fourth-order valence-corrected chi connectivity index (χ4v) is 2.92. The van der Waals surface area contributed by atoms with Gasteiger partial charge in [0.15, 0.2) is 0 Å². The van der Waals surface area contributed by atoms with Gasteiger partial charge in [-0.2, -0.15) is 0 Å². The van der Waals surface area contributed by atoms with Crippen molar-refractivity contribution in [1.82, 2.24) is 5.32 Å². The van der Waals surface area contributed by atoms with Crippen molar-refractivity contribution in [3.8, 4) is 0 Å². The Labute approximate surface area is 130 Å². The molecule has 0 aliphatic carbocycles. The number of hydrogen-bond acceptors (Lipinski definition) is 4. The van der Waals surface area contributed by atoms with Crippen LogP contribution in [0.15, 0.2) is 18.2 Å². The highest BCUT2D eigenvalue weighted by Crippen LogP contribution is 2.30. The van der Waals surface area contributed by atoms with Crippen molar-refractivity contribution in [2.45, 2.75) is 25.4 Å². The smallest absolute Gasteiger partial charge is 0.240 e. The molecule has 0 radical (unpaired) electrons. The maximum atomic E-state index is 11.6. The molecule has 1 saturated heterocycles. The van der Waals surface area contributed by atoms with Crippen LogP contribution in [0.25, 0.3) is 0 Å². The number of carbonyl (C=O) groups is 1. The molecule has 0 aromatic heterocycles. The number of nitrogens with two attached hydrogens (primary N) is 1. The maximum absolute atomic E-state index is 11.6. The Morgan fingerprint density at radius 1 is 1.57 bits per heavy atom. The van der Waals surface area contributed by atoms with E-state index >= 15 is 0 Å². The minimum Gasteiger partial charge on any atom is -0.383 e. The molecular weight excluding hydrogens is 290 g/mol. The van der Waals surface area contributed by atoms with Crippen molar-refractivity contribution in [3.63, 3.8) is 0 Å². The summed E-state index contributed by atoms with van der Waals surface area (Å²) in [6.07, 6.45) is 1.79. The summed E-state index contributed by atoms with van der Waals surface area (Å²) in [6.45, 7) is 2.95. The zero-order valence-electron chi connectivity index (χ0n) is 12.3. The second kappa shape index (κ2) is 7.64. The van der Waals surface area contributed by atoms with Crippen molar-refractivity contribution < 1.29 is 9.53 Å². The molecule has 2 rings (SSSR count). The molecule has 1 amide bonds. The molecule has 1 aromatic carbocycles. The topological polar surface area (TPSA) is 67.6 Å². The van der Waals surface area contributed by atoms with Crippen LogP contribution in [0.4, 0.5) is 5.69 Å². The number of hydrogen-bond donors (Lipinski definition) is 2. The first-order valence-corrected chi connectivity index (χ1v) is 7.55. The standard InChI is InChI=1S/C15H22ClN3O2/c1-21-8-6-18-10-11-9-12(16)4-5-13(11)19-7-2-3-14(19)15(17)20/h4-5,9,14,18H,2-3,6-8,10H2,1H3,(H2,17,20). The molecule has 6 heteroatoms. The second-order valence-electron chi connectivity index (χ2n) is 5.20. The van der Waals surface area contributed by atoms with Crippen molar-refractivity contribution >= 4 is 23.2 Å².